The summed E-state index contributed by atoms with van der Waals surface area (Å²) in [5, 5.41) is 5.25. The minimum Gasteiger partial charge on any atom is -0.485 e. The fourth-order valence-corrected chi connectivity index (χ4v) is 4.63. The van der Waals surface area contributed by atoms with Crippen LogP contribution in [0.3, 0.4) is 0 Å². The number of carbonyl (C=O) groups excluding carboxylic acids is 1. The molecule has 0 spiro atoms. The second kappa shape index (κ2) is 12.3. The van der Waals surface area contributed by atoms with Crippen LogP contribution in [0, 0.1) is 11.2 Å². The third kappa shape index (κ3) is 7.28. The van der Waals surface area contributed by atoms with E-state index in [1.165, 1.54) is 12.1 Å². The first-order valence-electron chi connectivity index (χ1n) is 12.9. The number of hydrogen-bond acceptors (Lipinski definition) is 6. The largest absolute Gasteiger partial charge is 0.485 e. The number of nitrogens with one attached hydrogen (secondary N) is 2. The van der Waals surface area contributed by atoms with Crippen molar-refractivity contribution in [3.05, 3.63) is 35.5 Å². The second-order valence-corrected chi connectivity index (χ2v) is 9.37. The maximum absolute atomic E-state index is 14.6. The van der Waals surface area contributed by atoms with Crippen LogP contribution < -0.4 is 15.4 Å². The molecule has 0 bridgehead atoms. The number of halogens is 4. The predicted molar refractivity (Wildman–Crippen MR) is 131 cm³/mol. The summed E-state index contributed by atoms with van der Waals surface area (Å²) in [6.45, 7) is 10.5. The molecule has 0 saturated carbocycles. The van der Waals surface area contributed by atoms with Crippen molar-refractivity contribution < 1.29 is 36.6 Å². The lowest BCUT2D eigenvalue weighted by Crippen LogP contribution is -2.62. The van der Waals surface area contributed by atoms with Crippen LogP contribution in [0.2, 0.25) is 0 Å². The minimum absolute atomic E-state index is 0.0194. The molecule has 2 atom stereocenters. The number of carbonyl (C=O) groups is 1. The van der Waals surface area contributed by atoms with E-state index in [0.717, 1.165) is 31.7 Å². The molecule has 2 fully saturated rings. The molecule has 2 unspecified atom stereocenters. The van der Waals surface area contributed by atoms with Crippen LogP contribution in [0.15, 0.2) is 29.7 Å². The fraction of sp³-hybridized carbons (Fsp3) is 0.654. The van der Waals surface area contributed by atoms with Crippen molar-refractivity contribution in [1.82, 2.24) is 10.2 Å². The van der Waals surface area contributed by atoms with Crippen molar-refractivity contribution in [3.8, 4) is 5.75 Å². The molecule has 0 radical (unpaired) electrons. The summed E-state index contributed by atoms with van der Waals surface area (Å²) >= 11 is 0. The van der Waals surface area contributed by atoms with Crippen LogP contribution in [0.25, 0.3) is 0 Å². The van der Waals surface area contributed by atoms with Crippen molar-refractivity contribution in [2.75, 3.05) is 31.6 Å². The van der Waals surface area contributed by atoms with E-state index in [2.05, 4.69) is 24.5 Å². The normalized spacial score (nSPS) is 23.2. The number of hydrogen-bond donors (Lipinski definition) is 2. The number of benzene rings is 1. The predicted octanol–water partition coefficient (Wildman–Crippen LogP) is 5.54. The van der Waals surface area contributed by atoms with Gasteiger partial charge >= 0.3 is 6.18 Å². The molecule has 1 amide bonds. The lowest BCUT2D eigenvalue weighted by atomic mass is 9.75. The average Bonchev–Trinajstić information content (AvgIpc) is 3.24. The summed E-state index contributed by atoms with van der Waals surface area (Å²) in [7, 11) is 0. The van der Waals surface area contributed by atoms with E-state index in [0.29, 0.717) is 26.3 Å². The molecular formula is C26H37F4N3O4. The van der Waals surface area contributed by atoms with Crippen LogP contribution in [0.4, 0.5) is 23.2 Å². The molecule has 0 aromatic heterocycles. The Labute approximate surface area is 215 Å². The maximum atomic E-state index is 14.6. The van der Waals surface area contributed by atoms with Gasteiger partial charge in [-0.3, -0.25) is 4.79 Å². The second-order valence-electron chi connectivity index (χ2n) is 9.37. The van der Waals surface area contributed by atoms with Crippen molar-refractivity contribution in [2.45, 2.75) is 78.4 Å². The summed E-state index contributed by atoms with van der Waals surface area (Å²) in [5.41, 5.74) is -0.118. The summed E-state index contributed by atoms with van der Waals surface area (Å²) < 4.78 is 70.5. The third-order valence-electron chi connectivity index (χ3n) is 6.90. The molecule has 3 heterocycles. The van der Waals surface area contributed by atoms with Crippen LogP contribution in [0.5, 0.6) is 5.75 Å². The third-order valence-corrected chi connectivity index (χ3v) is 6.90. The first-order valence-corrected chi connectivity index (χ1v) is 12.9. The number of likely N-dealkylation sites (tertiary alicyclic amines) is 1. The Morgan fingerprint density at radius 3 is 2.51 bits per heavy atom. The highest BCUT2D eigenvalue weighted by atomic mass is 19.4. The number of ether oxygens (including phenoxy) is 3. The van der Waals surface area contributed by atoms with Gasteiger partial charge in [-0.1, -0.05) is 27.7 Å². The summed E-state index contributed by atoms with van der Waals surface area (Å²) in [6.07, 6.45) is -3.60. The number of allylic oxidation sites excluding steroid dienone is 1. The van der Waals surface area contributed by atoms with E-state index >= 15 is 0 Å². The zero-order valence-corrected chi connectivity index (χ0v) is 21.8. The molecule has 208 valence electrons. The lowest BCUT2D eigenvalue weighted by molar-refractivity contribution is -0.152. The summed E-state index contributed by atoms with van der Waals surface area (Å²) in [6, 6.07) is 3.88. The Morgan fingerprint density at radius 1 is 1.24 bits per heavy atom. The molecule has 1 aromatic rings. The van der Waals surface area contributed by atoms with Crippen LogP contribution in [-0.2, 0) is 14.3 Å². The van der Waals surface area contributed by atoms with E-state index in [4.69, 9.17) is 14.2 Å². The zero-order valence-electron chi connectivity index (χ0n) is 21.8. The molecule has 11 heteroatoms. The molecule has 7 nitrogen and oxygen atoms in total. The smallest absolute Gasteiger partial charge is 0.396 e. The van der Waals surface area contributed by atoms with Crippen LogP contribution in [-0.4, -0.2) is 55.7 Å². The van der Waals surface area contributed by atoms with Gasteiger partial charge in [-0.2, -0.15) is 13.2 Å². The van der Waals surface area contributed by atoms with E-state index in [-0.39, 0.29) is 28.7 Å². The number of nitrogens with zero attached hydrogens (tertiary/aromatic N) is 1. The molecule has 2 N–H and O–H groups in total. The number of anilines is 1. The number of rotatable bonds is 8. The van der Waals surface area contributed by atoms with Gasteiger partial charge in [0.1, 0.15) is 24.0 Å². The molecule has 3 aliphatic rings. The van der Waals surface area contributed by atoms with Crippen LogP contribution in [0.1, 0.15) is 59.8 Å². The first-order chi connectivity index (χ1) is 17.6. The molecule has 2 saturated heterocycles. The van der Waals surface area contributed by atoms with E-state index in [1.54, 1.807) is 0 Å². The standard InChI is InChI=1S/C24H31F4N3O4.C2H6/c1-3-23(4-2)13-31(14-23)22-30-20(19(35-22)11-24(26,27)28)21(32)29-15-7-8-18(17(25)10-15)34-16-6-5-9-33-12-16;1-2/h7-8,10,16,22,30H,3-6,9,11-14H2,1-2H3,(H,29,32);1-2H3. The van der Waals surface area contributed by atoms with Gasteiger partial charge in [-0.15, -0.1) is 0 Å². The Balaban J connectivity index is 0.00000186. The Bertz CT molecular complexity index is 952. The van der Waals surface area contributed by atoms with E-state index < -0.39 is 36.4 Å². The SMILES string of the molecule is CC.CCC1(CC)CN(C2NC(C(=O)Nc3ccc(OC4CCCOC4)c(F)c3)=C(CC(F)(F)F)O2)C1. The highest BCUT2D eigenvalue weighted by Crippen LogP contribution is 2.40. The van der Waals surface area contributed by atoms with Gasteiger partial charge in [0.25, 0.3) is 5.91 Å². The molecule has 0 aliphatic carbocycles. The number of amides is 1. The van der Waals surface area contributed by atoms with Gasteiger partial charge in [-0.05, 0) is 43.2 Å². The average molecular weight is 532 g/mol. The monoisotopic (exact) mass is 531 g/mol. The topological polar surface area (TPSA) is 72.1 Å². The van der Waals surface area contributed by atoms with Crippen molar-refractivity contribution in [1.29, 1.82) is 0 Å². The maximum Gasteiger partial charge on any atom is 0.396 e. The minimum atomic E-state index is -4.56. The van der Waals surface area contributed by atoms with E-state index in [9.17, 15) is 22.4 Å². The quantitative estimate of drug-likeness (QED) is 0.430. The molecule has 1 aromatic carbocycles. The molecule has 37 heavy (non-hydrogen) atoms. The summed E-state index contributed by atoms with van der Waals surface area (Å²) in [4.78, 5) is 14.7. The fourth-order valence-electron chi connectivity index (χ4n) is 4.63. The molecule has 4 rings (SSSR count). The zero-order chi connectivity index (χ0) is 27.2. The highest BCUT2D eigenvalue weighted by Gasteiger charge is 2.47. The molecular weight excluding hydrogens is 494 g/mol. The van der Waals surface area contributed by atoms with Gasteiger partial charge < -0.3 is 24.8 Å². The molecule has 3 aliphatic heterocycles. The first kappa shape index (κ1) is 29.0. The van der Waals surface area contributed by atoms with Crippen molar-refractivity contribution in [2.24, 2.45) is 5.41 Å². The van der Waals surface area contributed by atoms with Crippen molar-refractivity contribution >= 4 is 11.6 Å². The lowest BCUT2D eigenvalue weighted by Gasteiger charge is -2.51. The Hall–Kier alpha value is -2.53. The highest BCUT2D eigenvalue weighted by molar-refractivity contribution is 6.04. The van der Waals surface area contributed by atoms with Gasteiger partial charge in [-0.25, -0.2) is 9.29 Å². The van der Waals surface area contributed by atoms with Gasteiger partial charge in [0.15, 0.2) is 11.6 Å². The van der Waals surface area contributed by atoms with Crippen molar-refractivity contribution in [3.63, 3.8) is 0 Å². The van der Waals surface area contributed by atoms with Crippen LogP contribution >= 0.6 is 0 Å². The van der Waals surface area contributed by atoms with Gasteiger partial charge in [0.05, 0.1) is 6.61 Å². The summed E-state index contributed by atoms with van der Waals surface area (Å²) in [5.74, 6) is -1.99. The van der Waals surface area contributed by atoms with E-state index in [1.807, 2.05) is 18.7 Å². The van der Waals surface area contributed by atoms with Gasteiger partial charge in [0.2, 0.25) is 6.35 Å². The number of alkyl halides is 3. The van der Waals surface area contributed by atoms with Gasteiger partial charge in [0, 0.05) is 31.5 Å². The Morgan fingerprint density at radius 2 is 1.95 bits per heavy atom. The Kier molecular flexibility index (Phi) is 9.68.